The summed E-state index contributed by atoms with van der Waals surface area (Å²) in [6, 6.07) is 2.01. The molecule has 84 valence electrons. The Balaban J connectivity index is 1.74. The number of ether oxygens (including phenoxy) is 1. The van der Waals surface area contributed by atoms with Gasteiger partial charge in [0.05, 0.1) is 10.6 Å². The molecule has 1 saturated carbocycles. The summed E-state index contributed by atoms with van der Waals surface area (Å²) < 4.78 is 5.53. The molecular weight excluding hydrogens is 230 g/mol. The van der Waals surface area contributed by atoms with Crippen molar-refractivity contribution in [3.8, 4) is 0 Å². The fourth-order valence-corrected chi connectivity index (χ4v) is 2.93. The average molecular weight is 246 g/mol. The van der Waals surface area contributed by atoms with E-state index >= 15 is 0 Å². The van der Waals surface area contributed by atoms with Crippen molar-refractivity contribution < 1.29 is 4.74 Å². The van der Waals surface area contributed by atoms with Gasteiger partial charge in [0.1, 0.15) is 0 Å². The van der Waals surface area contributed by atoms with E-state index in [2.05, 4.69) is 5.32 Å². The molecule has 1 heterocycles. The van der Waals surface area contributed by atoms with E-state index < -0.39 is 0 Å². The second-order valence-corrected chi connectivity index (χ2v) is 5.51. The summed E-state index contributed by atoms with van der Waals surface area (Å²) in [4.78, 5) is 1.28. The Labute approximate surface area is 99.6 Å². The lowest BCUT2D eigenvalue weighted by Gasteiger charge is -2.40. The van der Waals surface area contributed by atoms with E-state index in [1.54, 1.807) is 11.3 Å². The van der Waals surface area contributed by atoms with Gasteiger partial charge in [0.2, 0.25) is 0 Å². The SMILES string of the molecule is COC1(CNCc2cc(Cl)cs2)CCC1. The highest BCUT2D eigenvalue weighted by molar-refractivity contribution is 7.10. The van der Waals surface area contributed by atoms with Crippen LogP contribution in [-0.4, -0.2) is 19.3 Å². The molecule has 1 aliphatic rings. The molecule has 0 amide bonds. The first-order valence-electron chi connectivity index (χ1n) is 5.23. The Morgan fingerprint density at radius 3 is 2.87 bits per heavy atom. The molecule has 0 aliphatic heterocycles. The first kappa shape index (κ1) is 11.4. The molecule has 1 fully saturated rings. The van der Waals surface area contributed by atoms with E-state index in [1.807, 2.05) is 18.6 Å². The van der Waals surface area contributed by atoms with Gasteiger partial charge in [-0.05, 0) is 25.3 Å². The average Bonchev–Trinajstić information content (AvgIpc) is 2.56. The van der Waals surface area contributed by atoms with Crippen LogP contribution in [0, 0.1) is 0 Å². The van der Waals surface area contributed by atoms with Crippen molar-refractivity contribution in [3.05, 3.63) is 21.3 Å². The summed E-state index contributed by atoms with van der Waals surface area (Å²) in [7, 11) is 1.81. The minimum Gasteiger partial charge on any atom is -0.377 e. The Kier molecular flexibility index (Phi) is 3.67. The van der Waals surface area contributed by atoms with Crippen LogP contribution in [0.1, 0.15) is 24.1 Å². The smallest absolute Gasteiger partial charge is 0.0802 e. The van der Waals surface area contributed by atoms with Crippen LogP contribution in [0.15, 0.2) is 11.4 Å². The molecule has 1 aromatic rings. The van der Waals surface area contributed by atoms with Crippen LogP contribution in [0.4, 0.5) is 0 Å². The molecule has 0 unspecified atom stereocenters. The highest BCUT2D eigenvalue weighted by Crippen LogP contribution is 2.34. The Bertz CT molecular complexity index is 317. The lowest BCUT2D eigenvalue weighted by Crippen LogP contribution is -2.47. The summed E-state index contributed by atoms with van der Waals surface area (Å²) in [5, 5.41) is 6.24. The molecule has 0 spiro atoms. The van der Waals surface area contributed by atoms with Crippen molar-refractivity contribution in [1.29, 1.82) is 0 Å². The van der Waals surface area contributed by atoms with Crippen molar-refractivity contribution in [2.75, 3.05) is 13.7 Å². The van der Waals surface area contributed by atoms with Gasteiger partial charge in [0, 0.05) is 30.5 Å². The molecule has 1 aromatic heterocycles. The van der Waals surface area contributed by atoms with Crippen LogP contribution < -0.4 is 5.32 Å². The van der Waals surface area contributed by atoms with Crippen molar-refractivity contribution in [2.45, 2.75) is 31.4 Å². The number of hydrogen-bond donors (Lipinski definition) is 1. The molecule has 4 heteroatoms. The van der Waals surface area contributed by atoms with Crippen LogP contribution in [-0.2, 0) is 11.3 Å². The van der Waals surface area contributed by atoms with E-state index in [1.165, 1.54) is 24.1 Å². The molecule has 0 radical (unpaired) electrons. The van der Waals surface area contributed by atoms with Crippen LogP contribution in [0.25, 0.3) is 0 Å². The fourth-order valence-electron chi connectivity index (χ4n) is 1.88. The highest BCUT2D eigenvalue weighted by atomic mass is 35.5. The van der Waals surface area contributed by atoms with E-state index in [-0.39, 0.29) is 5.60 Å². The van der Waals surface area contributed by atoms with Crippen LogP contribution in [0.2, 0.25) is 5.02 Å². The van der Waals surface area contributed by atoms with Gasteiger partial charge in [0.15, 0.2) is 0 Å². The zero-order chi connectivity index (χ0) is 10.7. The number of hydrogen-bond acceptors (Lipinski definition) is 3. The predicted octanol–water partition coefficient (Wildman–Crippen LogP) is 3.06. The Morgan fingerprint density at radius 2 is 2.40 bits per heavy atom. The first-order valence-corrected chi connectivity index (χ1v) is 6.49. The number of methoxy groups -OCH3 is 1. The minimum absolute atomic E-state index is 0.112. The quantitative estimate of drug-likeness (QED) is 0.861. The lowest BCUT2D eigenvalue weighted by molar-refractivity contribution is -0.0695. The number of nitrogens with one attached hydrogen (secondary N) is 1. The van der Waals surface area contributed by atoms with E-state index in [4.69, 9.17) is 16.3 Å². The van der Waals surface area contributed by atoms with Crippen molar-refractivity contribution >= 4 is 22.9 Å². The second-order valence-electron chi connectivity index (χ2n) is 4.08. The van der Waals surface area contributed by atoms with Crippen molar-refractivity contribution in [1.82, 2.24) is 5.32 Å². The molecule has 1 N–H and O–H groups in total. The fraction of sp³-hybridized carbons (Fsp3) is 0.636. The third-order valence-corrected chi connectivity index (χ3v) is 4.35. The summed E-state index contributed by atoms with van der Waals surface area (Å²) in [5.74, 6) is 0. The van der Waals surface area contributed by atoms with Crippen molar-refractivity contribution in [3.63, 3.8) is 0 Å². The lowest BCUT2D eigenvalue weighted by atomic mass is 9.80. The molecule has 15 heavy (non-hydrogen) atoms. The van der Waals surface area contributed by atoms with Gasteiger partial charge < -0.3 is 10.1 Å². The zero-order valence-corrected chi connectivity index (χ0v) is 10.5. The minimum atomic E-state index is 0.112. The second kappa shape index (κ2) is 4.83. The molecule has 2 nitrogen and oxygen atoms in total. The largest absolute Gasteiger partial charge is 0.377 e. The summed E-state index contributed by atoms with van der Waals surface area (Å²) in [6.07, 6.45) is 3.66. The molecule has 2 rings (SSSR count). The predicted molar refractivity (Wildman–Crippen MR) is 64.6 cm³/mol. The molecular formula is C11H16ClNOS. The summed E-state index contributed by atoms with van der Waals surface area (Å²) in [5.41, 5.74) is 0.112. The number of rotatable bonds is 5. The maximum absolute atomic E-state index is 5.85. The molecule has 0 saturated heterocycles. The third-order valence-electron chi connectivity index (χ3n) is 3.07. The standard InChI is InChI=1S/C11H16ClNOS/c1-14-11(3-2-4-11)8-13-6-10-5-9(12)7-15-10/h5,7,13H,2-4,6,8H2,1H3. The van der Waals surface area contributed by atoms with Gasteiger partial charge in [-0.15, -0.1) is 11.3 Å². The first-order chi connectivity index (χ1) is 7.24. The van der Waals surface area contributed by atoms with Gasteiger partial charge in [-0.2, -0.15) is 0 Å². The number of halogens is 1. The highest BCUT2D eigenvalue weighted by Gasteiger charge is 2.36. The topological polar surface area (TPSA) is 21.3 Å². The molecule has 0 aromatic carbocycles. The maximum atomic E-state index is 5.85. The number of thiophene rings is 1. The van der Waals surface area contributed by atoms with Crippen molar-refractivity contribution in [2.24, 2.45) is 0 Å². The van der Waals surface area contributed by atoms with E-state index in [9.17, 15) is 0 Å². The van der Waals surface area contributed by atoms with Gasteiger partial charge in [-0.3, -0.25) is 0 Å². The van der Waals surface area contributed by atoms with E-state index in [0.717, 1.165) is 18.1 Å². The molecule has 1 aliphatic carbocycles. The van der Waals surface area contributed by atoms with Gasteiger partial charge in [-0.25, -0.2) is 0 Å². The zero-order valence-electron chi connectivity index (χ0n) is 8.88. The van der Waals surface area contributed by atoms with Crippen LogP contribution in [0.5, 0.6) is 0 Å². The Morgan fingerprint density at radius 1 is 1.60 bits per heavy atom. The molecule has 0 atom stereocenters. The van der Waals surface area contributed by atoms with Gasteiger partial charge >= 0.3 is 0 Å². The van der Waals surface area contributed by atoms with Gasteiger partial charge in [0.25, 0.3) is 0 Å². The van der Waals surface area contributed by atoms with Crippen LogP contribution in [0.3, 0.4) is 0 Å². The van der Waals surface area contributed by atoms with Gasteiger partial charge in [-0.1, -0.05) is 11.6 Å². The maximum Gasteiger partial charge on any atom is 0.0802 e. The monoisotopic (exact) mass is 245 g/mol. The Hall–Kier alpha value is -0.0900. The molecule has 0 bridgehead atoms. The van der Waals surface area contributed by atoms with E-state index in [0.29, 0.717) is 0 Å². The third kappa shape index (κ3) is 2.72. The summed E-state index contributed by atoms with van der Waals surface area (Å²) in [6.45, 7) is 1.83. The van der Waals surface area contributed by atoms with Crippen LogP contribution >= 0.6 is 22.9 Å². The summed E-state index contributed by atoms with van der Waals surface area (Å²) >= 11 is 7.55. The normalized spacial score (nSPS) is 18.8.